The van der Waals surface area contributed by atoms with Gasteiger partial charge in [0.1, 0.15) is 6.54 Å². The number of nitrogens with zero attached hydrogens (tertiary/aromatic N) is 4. The Balaban J connectivity index is 2.54. The molecule has 9 heteroatoms. The summed E-state index contributed by atoms with van der Waals surface area (Å²) in [5, 5.41) is 18.2. The maximum atomic E-state index is 11.5. The number of anilines is 1. The zero-order chi connectivity index (χ0) is 15.6. The van der Waals surface area contributed by atoms with Gasteiger partial charge in [-0.05, 0) is 30.2 Å². The van der Waals surface area contributed by atoms with E-state index < -0.39 is 10.9 Å². The van der Waals surface area contributed by atoms with Crippen molar-refractivity contribution in [2.75, 3.05) is 18.6 Å². The lowest BCUT2D eigenvalue weighted by Gasteiger charge is -2.27. The van der Waals surface area contributed by atoms with Crippen LogP contribution in [0.1, 0.15) is 13.8 Å². The number of nitro benzene ring substituents is 1. The highest BCUT2D eigenvalue weighted by Gasteiger charge is 2.24. The molecule has 0 aliphatic heterocycles. The van der Waals surface area contributed by atoms with Crippen molar-refractivity contribution < 1.29 is 19.1 Å². The average Bonchev–Trinajstić information content (AvgIpc) is 2.92. The van der Waals surface area contributed by atoms with Gasteiger partial charge < -0.3 is 9.64 Å². The van der Waals surface area contributed by atoms with Crippen LogP contribution in [0.4, 0.5) is 11.4 Å². The number of methoxy groups -OCH3 is 1. The Hall–Kier alpha value is -2.71. The SMILES string of the molecule is COC(=O)CN(c1ccc([N+](=O)[O-])c2nonc12)C(C)C. The van der Waals surface area contributed by atoms with Gasteiger partial charge >= 0.3 is 11.7 Å². The number of esters is 1. The van der Waals surface area contributed by atoms with Crippen LogP contribution in [0.5, 0.6) is 0 Å². The minimum atomic E-state index is -0.559. The quantitative estimate of drug-likeness (QED) is 0.463. The summed E-state index contributed by atoms with van der Waals surface area (Å²) in [5.74, 6) is -0.424. The molecular formula is C12H14N4O5. The summed E-state index contributed by atoms with van der Waals surface area (Å²) in [6.45, 7) is 3.75. The van der Waals surface area contributed by atoms with E-state index in [4.69, 9.17) is 0 Å². The second-order valence-corrected chi connectivity index (χ2v) is 4.62. The molecule has 0 saturated carbocycles. The van der Waals surface area contributed by atoms with Gasteiger partial charge in [0.2, 0.25) is 5.52 Å². The molecule has 0 bridgehead atoms. The lowest BCUT2D eigenvalue weighted by molar-refractivity contribution is -0.383. The average molecular weight is 294 g/mol. The summed E-state index contributed by atoms with van der Waals surface area (Å²) in [7, 11) is 1.30. The van der Waals surface area contributed by atoms with Crippen molar-refractivity contribution in [3.63, 3.8) is 0 Å². The molecule has 0 unspecified atom stereocenters. The first-order valence-electron chi connectivity index (χ1n) is 6.18. The molecule has 0 aliphatic carbocycles. The van der Waals surface area contributed by atoms with E-state index in [2.05, 4.69) is 19.7 Å². The van der Waals surface area contributed by atoms with Crippen LogP contribution in [0, 0.1) is 10.1 Å². The number of carbonyl (C=O) groups excluding carboxylic acids is 1. The van der Waals surface area contributed by atoms with Crippen molar-refractivity contribution in [2.24, 2.45) is 0 Å². The number of hydrogen-bond donors (Lipinski definition) is 0. The molecule has 112 valence electrons. The van der Waals surface area contributed by atoms with Crippen molar-refractivity contribution in [3.05, 3.63) is 22.2 Å². The van der Waals surface area contributed by atoms with Gasteiger partial charge in [-0.15, -0.1) is 0 Å². The van der Waals surface area contributed by atoms with E-state index in [1.165, 1.54) is 19.2 Å². The van der Waals surface area contributed by atoms with Crippen LogP contribution in [0.2, 0.25) is 0 Å². The lowest BCUT2D eigenvalue weighted by Crippen LogP contribution is -2.36. The number of aromatic nitrogens is 2. The topological polar surface area (TPSA) is 112 Å². The van der Waals surface area contributed by atoms with Gasteiger partial charge in [-0.2, -0.15) is 0 Å². The van der Waals surface area contributed by atoms with E-state index in [1.807, 2.05) is 13.8 Å². The van der Waals surface area contributed by atoms with Crippen molar-refractivity contribution in [2.45, 2.75) is 19.9 Å². The van der Waals surface area contributed by atoms with Gasteiger partial charge in [0, 0.05) is 12.1 Å². The van der Waals surface area contributed by atoms with Gasteiger partial charge in [-0.3, -0.25) is 14.9 Å². The Labute approximate surface area is 119 Å². The number of hydrogen-bond acceptors (Lipinski definition) is 8. The normalized spacial score (nSPS) is 10.9. The van der Waals surface area contributed by atoms with Gasteiger partial charge in [-0.25, -0.2) is 4.63 Å². The summed E-state index contributed by atoms with van der Waals surface area (Å²) in [5.41, 5.74) is 0.615. The highest BCUT2D eigenvalue weighted by atomic mass is 16.6. The number of ether oxygens (including phenoxy) is 1. The molecule has 0 aliphatic rings. The fourth-order valence-electron chi connectivity index (χ4n) is 1.97. The van der Waals surface area contributed by atoms with Crippen LogP contribution in [0.15, 0.2) is 16.8 Å². The minimum Gasteiger partial charge on any atom is -0.468 e. The standard InChI is InChI=1S/C12H14N4O5/c1-7(2)15(6-10(17)20-3)8-4-5-9(16(18)19)12-11(8)13-21-14-12/h4-5,7H,6H2,1-3H3. The summed E-state index contributed by atoms with van der Waals surface area (Å²) < 4.78 is 9.27. The smallest absolute Gasteiger partial charge is 0.325 e. The number of nitro groups is 1. The van der Waals surface area contributed by atoms with Crippen molar-refractivity contribution in [3.8, 4) is 0 Å². The third-order valence-corrected chi connectivity index (χ3v) is 3.03. The van der Waals surface area contributed by atoms with Crippen LogP contribution < -0.4 is 4.90 Å². The molecule has 0 spiro atoms. The highest BCUT2D eigenvalue weighted by Crippen LogP contribution is 2.31. The van der Waals surface area contributed by atoms with E-state index >= 15 is 0 Å². The Bertz CT molecular complexity index is 681. The van der Waals surface area contributed by atoms with E-state index in [9.17, 15) is 14.9 Å². The fraction of sp³-hybridized carbons (Fsp3) is 0.417. The molecule has 0 saturated heterocycles. The molecule has 2 aromatic rings. The second kappa shape index (κ2) is 5.73. The maximum absolute atomic E-state index is 11.5. The Morgan fingerprint density at radius 2 is 2.10 bits per heavy atom. The van der Waals surface area contributed by atoms with Crippen molar-refractivity contribution >= 4 is 28.4 Å². The monoisotopic (exact) mass is 294 g/mol. The van der Waals surface area contributed by atoms with Crippen molar-refractivity contribution in [1.82, 2.24) is 10.3 Å². The molecule has 1 aromatic carbocycles. The largest absolute Gasteiger partial charge is 0.468 e. The maximum Gasteiger partial charge on any atom is 0.325 e. The zero-order valence-corrected chi connectivity index (χ0v) is 11.8. The van der Waals surface area contributed by atoms with Crippen molar-refractivity contribution in [1.29, 1.82) is 0 Å². The summed E-state index contributed by atoms with van der Waals surface area (Å²) in [6, 6.07) is 2.78. The van der Waals surface area contributed by atoms with Crippen LogP contribution in [0.25, 0.3) is 11.0 Å². The van der Waals surface area contributed by atoms with Gasteiger partial charge in [0.15, 0.2) is 5.52 Å². The van der Waals surface area contributed by atoms with E-state index in [-0.39, 0.29) is 29.3 Å². The number of rotatable bonds is 5. The number of carbonyl (C=O) groups is 1. The van der Waals surface area contributed by atoms with Crippen LogP contribution in [-0.4, -0.2) is 40.9 Å². The predicted molar refractivity (Wildman–Crippen MR) is 73.0 cm³/mol. The summed E-state index contributed by atoms with van der Waals surface area (Å²) >= 11 is 0. The molecule has 2 rings (SSSR count). The van der Waals surface area contributed by atoms with Crippen LogP contribution in [-0.2, 0) is 9.53 Å². The predicted octanol–water partition coefficient (Wildman–Crippen LogP) is 1.52. The van der Waals surface area contributed by atoms with Crippen LogP contribution in [0.3, 0.4) is 0 Å². The van der Waals surface area contributed by atoms with E-state index in [1.54, 1.807) is 4.90 Å². The first-order chi connectivity index (χ1) is 9.95. The first kappa shape index (κ1) is 14.7. The third kappa shape index (κ3) is 2.76. The molecule has 0 fully saturated rings. The van der Waals surface area contributed by atoms with Gasteiger partial charge in [-0.1, -0.05) is 0 Å². The number of non-ortho nitro benzene ring substituents is 1. The molecule has 1 heterocycles. The van der Waals surface area contributed by atoms with E-state index in [0.717, 1.165) is 0 Å². The molecule has 1 aromatic heterocycles. The molecule has 0 radical (unpaired) electrons. The molecule has 21 heavy (non-hydrogen) atoms. The Kier molecular flexibility index (Phi) is 4.01. The minimum absolute atomic E-state index is 0.00601. The fourth-order valence-corrected chi connectivity index (χ4v) is 1.97. The van der Waals surface area contributed by atoms with E-state index in [0.29, 0.717) is 5.69 Å². The summed E-state index contributed by atoms with van der Waals surface area (Å²) in [4.78, 5) is 23.6. The highest BCUT2D eigenvalue weighted by molar-refractivity contribution is 5.95. The number of fused-ring (bicyclic) bond motifs is 1. The molecular weight excluding hydrogens is 280 g/mol. The van der Waals surface area contributed by atoms with Gasteiger partial charge in [0.05, 0.1) is 17.7 Å². The first-order valence-corrected chi connectivity index (χ1v) is 6.18. The lowest BCUT2D eigenvalue weighted by atomic mass is 10.2. The molecule has 0 atom stereocenters. The third-order valence-electron chi connectivity index (χ3n) is 3.03. The van der Waals surface area contributed by atoms with Gasteiger partial charge in [0.25, 0.3) is 0 Å². The Morgan fingerprint density at radius 3 is 2.67 bits per heavy atom. The zero-order valence-electron chi connectivity index (χ0n) is 11.8. The molecule has 0 amide bonds. The Morgan fingerprint density at radius 1 is 1.43 bits per heavy atom. The van der Waals surface area contributed by atoms with Crippen LogP contribution >= 0.6 is 0 Å². The summed E-state index contributed by atoms with van der Waals surface area (Å²) in [6.07, 6.45) is 0. The molecule has 9 nitrogen and oxygen atoms in total. The molecule has 0 N–H and O–H groups in total. The number of benzene rings is 1. The second-order valence-electron chi connectivity index (χ2n) is 4.62.